The molecular formula is C22H26N4O2S. The number of hydrogen-bond acceptors (Lipinski definition) is 5. The molecule has 1 unspecified atom stereocenters. The third-order valence-electron chi connectivity index (χ3n) is 5.05. The van der Waals surface area contributed by atoms with Crippen LogP contribution in [0.15, 0.2) is 64.8 Å². The second kappa shape index (κ2) is 9.15. The molecule has 3 rings (SSSR count). The Bertz CT molecular complexity index is 952. The Hall–Kier alpha value is -2.77. The van der Waals surface area contributed by atoms with E-state index in [2.05, 4.69) is 22.5 Å². The number of carbonyl (C=O) groups is 1. The standard InChI is InChI=1S/C22H26N4O2S/c1-14(27)17-4-3-5-18(12-17)16-6-8-19(9-7-16)24-22(23)20-13-26(15(2)28)11-10-21(20)25-29/h3-9,12,14,25,27,29H,10-11,13H2,1-2H3,(H2,23,24). The number of benzene rings is 2. The lowest BCUT2D eigenvalue weighted by Gasteiger charge is -2.29. The first-order chi connectivity index (χ1) is 13.9. The van der Waals surface area contributed by atoms with Crippen molar-refractivity contribution in [3.05, 3.63) is 65.4 Å². The van der Waals surface area contributed by atoms with Gasteiger partial charge in [-0.15, -0.1) is 0 Å². The number of aliphatic imine (C=N–C) groups is 1. The van der Waals surface area contributed by atoms with Crippen LogP contribution in [0.2, 0.25) is 0 Å². The topological polar surface area (TPSA) is 91.0 Å². The van der Waals surface area contributed by atoms with Crippen LogP contribution in [-0.4, -0.2) is 34.8 Å². The molecule has 0 aliphatic carbocycles. The SMILES string of the molecule is CC(=O)N1CCC(NS)=C(C(N)=Nc2ccc(-c3cccc(C(C)O)c3)cc2)C1. The van der Waals surface area contributed by atoms with E-state index in [1.807, 2.05) is 48.5 Å². The lowest BCUT2D eigenvalue weighted by Crippen LogP contribution is -2.40. The van der Waals surface area contributed by atoms with E-state index in [1.165, 1.54) is 0 Å². The van der Waals surface area contributed by atoms with E-state index in [4.69, 9.17) is 5.73 Å². The number of amidine groups is 1. The van der Waals surface area contributed by atoms with E-state index in [-0.39, 0.29) is 5.91 Å². The number of amides is 1. The van der Waals surface area contributed by atoms with Crippen LogP contribution in [0.4, 0.5) is 5.69 Å². The quantitative estimate of drug-likeness (QED) is 0.346. The van der Waals surface area contributed by atoms with Gasteiger partial charge in [0.2, 0.25) is 5.91 Å². The Morgan fingerprint density at radius 1 is 1.24 bits per heavy atom. The molecule has 4 N–H and O–H groups in total. The molecule has 2 aromatic carbocycles. The third kappa shape index (κ3) is 4.99. The van der Waals surface area contributed by atoms with E-state index in [9.17, 15) is 9.90 Å². The van der Waals surface area contributed by atoms with Gasteiger partial charge >= 0.3 is 0 Å². The molecule has 0 bridgehead atoms. The molecule has 7 heteroatoms. The van der Waals surface area contributed by atoms with Crippen LogP contribution in [-0.2, 0) is 4.79 Å². The molecule has 1 amide bonds. The van der Waals surface area contributed by atoms with E-state index in [1.54, 1.807) is 18.7 Å². The zero-order valence-corrected chi connectivity index (χ0v) is 17.5. The van der Waals surface area contributed by atoms with Crippen LogP contribution in [0.5, 0.6) is 0 Å². The molecule has 2 aromatic rings. The van der Waals surface area contributed by atoms with Gasteiger partial charge < -0.3 is 20.5 Å². The number of aliphatic hydroxyl groups is 1. The molecule has 0 radical (unpaired) electrons. The van der Waals surface area contributed by atoms with Crippen molar-refractivity contribution in [2.45, 2.75) is 26.4 Å². The molecule has 152 valence electrons. The largest absolute Gasteiger partial charge is 0.389 e. The summed E-state index contributed by atoms with van der Waals surface area (Å²) < 4.78 is 2.88. The number of carbonyl (C=O) groups excluding carboxylic acids is 1. The molecule has 1 heterocycles. The summed E-state index contributed by atoms with van der Waals surface area (Å²) in [6.07, 6.45) is 0.152. The molecule has 1 atom stereocenters. The van der Waals surface area contributed by atoms with Crippen molar-refractivity contribution >= 4 is 30.2 Å². The third-order valence-corrected chi connectivity index (χ3v) is 5.32. The number of rotatable bonds is 5. The highest BCUT2D eigenvalue weighted by Crippen LogP contribution is 2.26. The summed E-state index contributed by atoms with van der Waals surface area (Å²) in [6, 6.07) is 15.6. The summed E-state index contributed by atoms with van der Waals surface area (Å²) in [4.78, 5) is 18.0. The van der Waals surface area contributed by atoms with Crippen molar-refractivity contribution in [3.8, 4) is 11.1 Å². The Kier molecular flexibility index (Phi) is 6.61. The summed E-state index contributed by atoms with van der Waals surface area (Å²) in [6.45, 7) is 4.35. The van der Waals surface area contributed by atoms with Crippen LogP contribution in [0, 0.1) is 0 Å². The predicted molar refractivity (Wildman–Crippen MR) is 120 cm³/mol. The van der Waals surface area contributed by atoms with Crippen LogP contribution in [0.25, 0.3) is 11.1 Å². The number of hydrogen-bond donors (Lipinski definition) is 4. The van der Waals surface area contributed by atoms with Gasteiger partial charge in [-0.05, 0) is 41.8 Å². The summed E-state index contributed by atoms with van der Waals surface area (Å²) in [5.41, 5.74) is 11.6. The maximum atomic E-state index is 11.7. The van der Waals surface area contributed by atoms with Gasteiger partial charge in [0.15, 0.2) is 0 Å². The fraction of sp³-hybridized carbons (Fsp3) is 0.273. The van der Waals surface area contributed by atoms with Gasteiger partial charge in [0.25, 0.3) is 0 Å². The van der Waals surface area contributed by atoms with Crippen molar-refractivity contribution in [1.29, 1.82) is 0 Å². The smallest absolute Gasteiger partial charge is 0.219 e. The lowest BCUT2D eigenvalue weighted by atomic mass is 10.0. The Balaban J connectivity index is 1.84. The number of nitrogens with one attached hydrogen (secondary N) is 1. The Labute approximate surface area is 176 Å². The molecule has 29 heavy (non-hydrogen) atoms. The summed E-state index contributed by atoms with van der Waals surface area (Å²) >= 11 is 4.16. The second-order valence-electron chi connectivity index (χ2n) is 7.10. The first kappa shape index (κ1) is 21.0. The monoisotopic (exact) mass is 410 g/mol. The average molecular weight is 411 g/mol. The highest BCUT2D eigenvalue weighted by molar-refractivity contribution is 7.78. The highest BCUT2D eigenvalue weighted by atomic mass is 32.1. The van der Waals surface area contributed by atoms with Crippen LogP contribution in [0.1, 0.15) is 31.9 Å². The maximum Gasteiger partial charge on any atom is 0.219 e. The Morgan fingerprint density at radius 3 is 2.59 bits per heavy atom. The van der Waals surface area contributed by atoms with Crippen LogP contribution < -0.4 is 10.5 Å². The summed E-state index contributed by atoms with van der Waals surface area (Å²) in [5.74, 6) is 0.383. The van der Waals surface area contributed by atoms with Gasteiger partial charge in [0, 0.05) is 31.2 Å². The van der Waals surface area contributed by atoms with Gasteiger partial charge in [-0.3, -0.25) is 4.79 Å². The molecule has 0 fully saturated rings. The summed E-state index contributed by atoms with van der Waals surface area (Å²) in [5, 5.41) is 9.79. The van der Waals surface area contributed by atoms with Crippen molar-refractivity contribution in [3.63, 3.8) is 0 Å². The van der Waals surface area contributed by atoms with Crippen molar-refractivity contribution in [1.82, 2.24) is 9.62 Å². The number of nitrogens with zero attached hydrogens (tertiary/aromatic N) is 2. The van der Waals surface area contributed by atoms with Crippen molar-refractivity contribution in [2.24, 2.45) is 10.7 Å². The molecule has 6 nitrogen and oxygen atoms in total. The number of aliphatic hydroxyl groups excluding tert-OH is 1. The molecule has 0 saturated heterocycles. The first-order valence-corrected chi connectivity index (χ1v) is 9.94. The molecule has 0 spiro atoms. The van der Waals surface area contributed by atoms with Gasteiger partial charge in [-0.1, -0.05) is 43.1 Å². The van der Waals surface area contributed by atoms with Crippen molar-refractivity contribution < 1.29 is 9.90 Å². The minimum Gasteiger partial charge on any atom is -0.389 e. The first-order valence-electron chi connectivity index (χ1n) is 9.49. The van der Waals surface area contributed by atoms with Crippen LogP contribution in [0.3, 0.4) is 0 Å². The number of nitrogens with two attached hydrogens (primary N) is 1. The normalized spacial score (nSPS) is 16.0. The van der Waals surface area contributed by atoms with E-state index in [0.29, 0.717) is 25.3 Å². The molecule has 0 aromatic heterocycles. The van der Waals surface area contributed by atoms with Gasteiger partial charge in [-0.25, -0.2) is 4.99 Å². The zero-order valence-electron chi connectivity index (χ0n) is 16.6. The van der Waals surface area contributed by atoms with Gasteiger partial charge in [-0.2, -0.15) is 0 Å². The van der Waals surface area contributed by atoms with Crippen LogP contribution >= 0.6 is 12.8 Å². The maximum absolute atomic E-state index is 11.7. The Morgan fingerprint density at radius 2 is 1.97 bits per heavy atom. The van der Waals surface area contributed by atoms with Gasteiger partial charge in [0.1, 0.15) is 5.84 Å². The second-order valence-corrected chi connectivity index (χ2v) is 7.33. The highest BCUT2D eigenvalue weighted by Gasteiger charge is 2.22. The fourth-order valence-corrected chi connectivity index (χ4v) is 3.55. The molecule has 1 aliphatic heterocycles. The average Bonchev–Trinajstić information content (AvgIpc) is 2.73. The minimum absolute atomic E-state index is 0.0114. The zero-order chi connectivity index (χ0) is 21.0. The van der Waals surface area contributed by atoms with E-state index in [0.717, 1.165) is 33.6 Å². The van der Waals surface area contributed by atoms with Crippen molar-refractivity contribution in [2.75, 3.05) is 13.1 Å². The number of thiol groups is 1. The summed E-state index contributed by atoms with van der Waals surface area (Å²) in [7, 11) is 0. The molecular weight excluding hydrogens is 384 g/mol. The fourth-order valence-electron chi connectivity index (χ4n) is 3.30. The van der Waals surface area contributed by atoms with E-state index >= 15 is 0 Å². The van der Waals surface area contributed by atoms with Gasteiger partial charge in [0.05, 0.1) is 18.3 Å². The molecule has 0 saturated carbocycles. The molecule has 1 aliphatic rings. The lowest BCUT2D eigenvalue weighted by molar-refractivity contribution is -0.128. The predicted octanol–water partition coefficient (Wildman–Crippen LogP) is 3.34. The van der Waals surface area contributed by atoms with E-state index < -0.39 is 6.10 Å². The minimum atomic E-state index is -0.508.